The summed E-state index contributed by atoms with van der Waals surface area (Å²) in [4.78, 5) is 4.51. The van der Waals surface area contributed by atoms with Crippen molar-refractivity contribution in [2.45, 2.75) is 25.9 Å². The first-order valence-corrected chi connectivity index (χ1v) is 8.32. The van der Waals surface area contributed by atoms with Crippen molar-refractivity contribution in [1.29, 1.82) is 0 Å². The van der Waals surface area contributed by atoms with Gasteiger partial charge in [-0.2, -0.15) is 0 Å². The zero-order chi connectivity index (χ0) is 15.4. The van der Waals surface area contributed by atoms with Crippen molar-refractivity contribution < 1.29 is 0 Å². The van der Waals surface area contributed by atoms with E-state index in [1.54, 1.807) is 0 Å². The standard InChI is InChI=1S/C19H19BrN2/c1-14(12-15-7-9-18(20)10-8-15)22-13-17-5-2-4-16-6-3-11-21-19(16)17/h2-11,14,22H,12-13H2,1H3. The summed E-state index contributed by atoms with van der Waals surface area (Å²) < 4.78 is 1.12. The minimum absolute atomic E-state index is 0.417. The topological polar surface area (TPSA) is 24.9 Å². The van der Waals surface area contributed by atoms with E-state index in [2.05, 4.69) is 81.7 Å². The summed E-state index contributed by atoms with van der Waals surface area (Å²) in [6.45, 7) is 3.06. The summed E-state index contributed by atoms with van der Waals surface area (Å²) in [7, 11) is 0. The maximum atomic E-state index is 4.51. The van der Waals surface area contributed by atoms with Crippen molar-refractivity contribution in [2.75, 3.05) is 0 Å². The molecule has 0 amide bonds. The van der Waals surface area contributed by atoms with Crippen LogP contribution in [-0.2, 0) is 13.0 Å². The van der Waals surface area contributed by atoms with Gasteiger partial charge in [0.1, 0.15) is 0 Å². The highest BCUT2D eigenvalue weighted by molar-refractivity contribution is 9.10. The average Bonchev–Trinajstić information content (AvgIpc) is 2.55. The molecule has 2 aromatic carbocycles. The lowest BCUT2D eigenvalue weighted by molar-refractivity contribution is 0.546. The summed E-state index contributed by atoms with van der Waals surface area (Å²) in [5, 5.41) is 4.80. The Labute approximate surface area is 139 Å². The first kappa shape index (κ1) is 15.2. The zero-order valence-corrected chi connectivity index (χ0v) is 14.2. The van der Waals surface area contributed by atoms with Gasteiger partial charge in [0, 0.05) is 28.6 Å². The highest BCUT2D eigenvalue weighted by atomic mass is 79.9. The molecule has 1 unspecified atom stereocenters. The molecule has 3 rings (SSSR count). The van der Waals surface area contributed by atoms with Crippen LogP contribution in [0.25, 0.3) is 10.9 Å². The van der Waals surface area contributed by atoms with Gasteiger partial charge in [-0.3, -0.25) is 4.98 Å². The second-order valence-corrected chi connectivity index (χ2v) is 6.52. The number of pyridine rings is 1. The Morgan fingerprint density at radius 3 is 2.64 bits per heavy atom. The van der Waals surface area contributed by atoms with Crippen molar-refractivity contribution in [1.82, 2.24) is 10.3 Å². The van der Waals surface area contributed by atoms with E-state index >= 15 is 0 Å². The normalized spacial score (nSPS) is 12.5. The Bertz CT molecular complexity index is 747. The fraction of sp³-hybridized carbons (Fsp3) is 0.211. The maximum Gasteiger partial charge on any atom is 0.0746 e. The molecule has 0 fully saturated rings. The number of hydrogen-bond donors (Lipinski definition) is 1. The van der Waals surface area contributed by atoms with E-state index in [9.17, 15) is 0 Å². The molecule has 0 saturated heterocycles. The molecule has 22 heavy (non-hydrogen) atoms. The number of benzene rings is 2. The summed E-state index contributed by atoms with van der Waals surface area (Å²) in [6.07, 6.45) is 2.88. The van der Waals surface area contributed by atoms with Gasteiger partial charge in [0.05, 0.1) is 5.52 Å². The lowest BCUT2D eigenvalue weighted by atomic mass is 10.1. The van der Waals surface area contributed by atoms with E-state index in [1.165, 1.54) is 16.5 Å². The highest BCUT2D eigenvalue weighted by Gasteiger charge is 2.06. The van der Waals surface area contributed by atoms with Crippen LogP contribution >= 0.6 is 15.9 Å². The average molecular weight is 355 g/mol. The molecular weight excluding hydrogens is 336 g/mol. The van der Waals surface area contributed by atoms with Gasteiger partial charge < -0.3 is 5.32 Å². The summed E-state index contributed by atoms with van der Waals surface area (Å²) in [5.41, 5.74) is 3.69. The third-order valence-corrected chi connectivity index (χ3v) is 4.34. The van der Waals surface area contributed by atoms with E-state index in [0.29, 0.717) is 6.04 Å². The van der Waals surface area contributed by atoms with Gasteiger partial charge in [-0.1, -0.05) is 52.3 Å². The smallest absolute Gasteiger partial charge is 0.0746 e. The van der Waals surface area contributed by atoms with Crippen molar-refractivity contribution in [3.05, 3.63) is 76.4 Å². The number of aromatic nitrogens is 1. The van der Waals surface area contributed by atoms with Crippen LogP contribution in [0, 0.1) is 0 Å². The molecule has 1 heterocycles. The largest absolute Gasteiger partial charge is 0.310 e. The number of nitrogens with one attached hydrogen (secondary N) is 1. The lowest BCUT2D eigenvalue weighted by Gasteiger charge is -2.15. The van der Waals surface area contributed by atoms with Crippen LogP contribution in [0.5, 0.6) is 0 Å². The van der Waals surface area contributed by atoms with Gasteiger partial charge in [0.25, 0.3) is 0 Å². The van der Waals surface area contributed by atoms with Gasteiger partial charge in [0.2, 0.25) is 0 Å². The van der Waals surface area contributed by atoms with Gasteiger partial charge >= 0.3 is 0 Å². The molecule has 2 nitrogen and oxygen atoms in total. The minimum Gasteiger partial charge on any atom is -0.310 e. The predicted molar refractivity (Wildman–Crippen MR) is 95.9 cm³/mol. The Morgan fingerprint density at radius 1 is 1.05 bits per heavy atom. The molecule has 1 atom stereocenters. The molecule has 0 spiro atoms. The predicted octanol–water partition coefficient (Wildman–Crippen LogP) is 4.72. The van der Waals surface area contributed by atoms with E-state index in [0.717, 1.165) is 23.0 Å². The van der Waals surface area contributed by atoms with Gasteiger partial charge in [-0.15, -0.1) is 0 Å². The summed E-state index contributed by atoms with van der Waals surface area (Å²) in [6, 6.07) is 19.4. The number of nitrogens with zero attached hydrogens (tertiary/aromatic N) is 1. The van der Waals surface area contributed by atoms with E-state index in [4.69, 9.17) is 0 Å². The number of fused-ring (bicyclic) bond motifs is 1. The first-order chi connectivity index (χ1) is 10.7. The van der Waals surface area contributed by atoms with Crippen LogP contribution in [0.15, 0.2) is 65.3 Å². The van der Waals surface area contributed by atoms with E-state index < -0.39 is 0 Å². The molecule has 1 aromatic heterocycles. The second-order valence-electron chi connectivity index (χ2n) is 5.60. The summed E-state index contributed by atoms with van der Waals surface area (Å²) >= 11 is 3.47. The molecule has 3 heteroatoms. The van der Waals surface area contributed by atoms with Gasteiger partial charge in [0.15, 0.2) is 0 Å². The van der Waals surface area contributed by atoms with Crippen LogP contribution < -0.4 is 5.32 Å². The number of hydrogen-bond acceptors (Lipinski definition) is 2. The quantitative estimate of drug-likeness (QED) is 0.717. The molecule has 3 aromatic rings. The molecule has 0 aliphatic rings. The molecule has 112 valence electrons. The zero-order valence-electron chi connectivity index (χ0n) is 12.6. The third-order valence-electron chi connectivity index (χ3n) is 3.81. The molecule has 0 aliphatic heterocycles. The molecule has 0 bridgehead atoms. The van der Waals surface area contributed by atoms with Crippen molar-refractivity contribution in [3.8, 4) is 0 Å². The SMILES string of the molecule is CC(Cc1ccc(Br)cc1)NCc1cccc2cccnc12. The Hall–Kier alpha value is -1.71. The number of rotatable bonds is 5. The van der Waals surface area contributed by atoms with Crippen molar-refractivity contribution in [3.63, 3.8) is 0 Å². The van der Waals surface area contributed by atoms with Crippen LogP contribution in [0.3, 0.4) is 0 Å². The maximum absolute atomic E-state index is 4.51. The Morgan fingerprint density at radius 2 is 1.82 bits per heavy atom. The van der Waals surface area contributed by atoms with Crippen LogP contribution in [-0.4, -0.2) is 11.0 Å². The fourth-order valence-electron chi connectivity index (χ4n) is 2.64. The Kier molecular flexibility index (Phi) is 4.86. The van der Waals surface area contributed by atoms with E-state index in [-0.39, 0.29) is 0 Å². The lowest BCUT2D eigenvalue weighted by Crippen LogP contribution is -2.27. The van der Waals surface area contributed by atoms with E-state index in [1.807, 2.05) is 12.3 Å². The van der Waals surface area contributed by atoms with Gasteiger partial charge in [-0.05, 0) is 42.7 Å². The van der Waals surface area contributed by atoms with Crippen LogP contribution in [0.2, 0.25) is 0 Å². The molecule has 0 aliphatic carbocycles. The van der Waals surface area contributed by atoms with Crippen LogP contribution in [0.1, 0.15) is 18.1 Å². The third kappa shape index (κ3) is 3.73. The molecular formula is C19H19BrN2. The van der Waals surface area contributed by atoms with Gasteiger partial charge in [-0.25, -0.2) is 0 Å². The summed E-state index contributed by atoms with van der Waals surface area (Å²) in [5.74, 6) is 0. The van der Waals surface area contributed by atoms with Crippen molar-refractivity contribution in [2.24, 2.45) is 0 Å². The number of para-hydroxylation sites is 1. The Balaban J connectivity index is 1.65. The molecule has 0 radical (unpaired) electrons. The molecule has 1 N–H and O–H groups in total. The number of halogens is 1. The van der Waals surface area contributed by atoms with Crippen molar-refractivity contribution >= 4 is 26.8 Å². The minimum atomic E-state index is 0.417. The van der Waals surface area contributed by atoms with Crippen LogP contribution in [0.4, 0.5) is 0 Å². The highest BCUT2D eigenvalue weighted by Crippen LogP contribution is 2.16. The second kappa shape index (κ2) is 7.03. The fourth-order valence-corrected chi connectivity index (χ4v) is 2.90. The monoisotopic (exact) mass is 354 g/mol. The molecule has 0 saturated carbocycles. The first-order valence-electron chi connectivity index (χ1n) is 7.53.